The summed E-state index contributed by atoms with van der Waals surface area (Å²) in [5, 5.41) is 0. The van der Waals surface area contributed by atoms with Crippen LogP contribution in [-0.4, -0.2) is 31.2 Å². The fourth-order valence-corrected chi connectivity index (χ4v) is 5.30. The Labute approximate surface area is 128 Å². The summed E-state index contributed by atoms with van der Waals surface area (Å²) < 4.78 is 18.7. The minimum atomic E-state index is 0.00171. The lowest BCUT2D eigenvalue weighted by molar-refractivity contribution is -0.198. The van der Waals surface area contributed by atoms with E-state index < -0.39 is 0 Å². The fourth-order valence-electron chi connectivity index (χ4n) is 5.30. The van der Waals surface area contributed by atoms with E-state index in [4.69, 9.17) is 14.2 Å². The van der Waals surface area contributed by atoms with E-state index in [-0.39, 0.29) is 6.29 Å². The summed E-state index contributed by atoms with van der Waals surface area (Å²) in [6.07, 6.45) is 7.57. The standard InChI is InChI=1S/C18H30O3/c1-10(2)12-5-4-11(3)8-16(12)21-18-17-13(9-19-18)14-6-7-15(17)20-14/h10-18H,4-9H2,1-3H3. The molecule has 8 unspecified atom stereocenters. The van der Waals surface area contributed by atoms with Crippen molar-refractivity contribution in [2.75, 3.05) is 6.61 Å². The molecule has 0 aromatic rings. The largest absolute Gasteiger partial charge is 0.374 e. The van der Waals surface area contributed by atoms with E-state index in [2.05, 4.69) is 20.8 Å². The van der Waals surface area contributed by atoms with Crippen LogP contribution in [0.2, 0.25) is 0 Å². The molecule has 120 valence electrons. The second kappa shape index (κ2) is 5.50. The van der Waals surface area contributed by atoms with Gasteiger partial charge in [0, 0.05) is 11.8 Å². The van der Waals surface area contributed by atoms with Crippen molar-refractivity contribution in [3.63, 3.8) is 0 Å². The first-order valence-electron chi connectivity index (χ1n) is 9.06. The average molecular weight is 294 g/mol. The van der Waals surface area contributed by atoms with Crippen LogP contribution in [0.1, 0.15) is 52.9 Å². The number of ether oxygens (including phenoxy) is 3. The van der Waals surface area contributed by atoms with E-state index in [1.165, 1.54) is 32.1 Å². The van der Waals surface area contributed by atoms with Gasteiger partial charge in [0.05, 0.1) is 24.9 Å². The van der Waals surface area contributed by atoms with Crippen LogP contribution in [0.3, 0.4) is 0 Å². The molecule has 0 N–H and O–H groups in total. The van der Waals surface area contributed by atoms with Crippen LogP contribution in [0.15, 0.2) is 0 Å². The Morgan fingerprint density at radius 2 is 1.86 bits per heavy atom. The highest BCUT2D eigenvalue weighted by Gasteiger charge is 2.57. The van der Waals surface area contributed by atoms with Gasteiger partial charge in [0.25, 0.3) is 0 Å². The smallest absolute Gasteiger partial charge is 0.163 e. The average Bonchev–Trinajstić information content (AvgIpc) is 3.11. The highest BCUT2D eigenvalue weighted by molar-refractivity contribution is 5.01. The molecule has 4 aliphatic rings. The summed E-state index contributed by atoms with van der Waals surface area (Å²) in [7, 11) is 0. The number of fused-ring (bicyclic) bond motifs is 5. The minimum absolute atomic E-state index is 0.00171. The molecule has 0 radical (unpaired) electrons. The molecule has 3 heteroatoms. The Hall–Kier alpha value is -0.120. The molecule has 1 aliphatic carbocycles. The molecule has 0 aromatic carbocycles. The molecule has 3 nitrogen and oxygen atoms in total. The molecule has 21 heavy (non-hydrogen) atoms. The Bertz CT molecular complexity index is 383. The Morgan fingerprint density at radius 3 is 2.67 bits per heavy atom. The monoisotopic (exact) mass is 294 g/mol. The summed E-state index contributed by atoms with van der Waals surface area (Å²) in [5.74, 6) is 3.30. The molecular weight excluding hydrogens is 264 g/mol. The minimum Gasteiger partial charge on any atom is -0.374 e. The topological polar surface area (TPSA) is 27.7 Å². The summed E-state index contributed by atoms with van der Waals surface area (Å²) in [5.41, 5.74) is 0. The lowest BCUT2D eigenvalue weighted by Gasteiger charge is -2.39. The Morgan fingerprint density at radius 1 is 1.05 bits per heavy atom. The van der Waals surface area contributed by atoms with E-state index in [1.54, 1.807) is 0 Å². The van der Waals surface area contributed by atoms with Gasteiger partial charge in [-0.15, -0.1) is 0 Å². The molecule has 3 saturated heterocycles. The van der Waals surface area contributed by atoms with Crippen LogP contribution >= 0.6 is 0 Å². The first-order chi connectivity index (χ1) is 10.1. The van der Waals surface area contributed by atoms with E-state index in [0.717, 1.165) is 12.5 Å². The first-order valence-corrected chi connectivity index (χ1v) is 9.06. The predicted molar refractivity (Wildman–Crippen MR) is 80.8 cm³/mol. The quantitative estimate of drug-likeness (QED) is 0.796. The van der Waals surface area contributed by atoms with Crippen molar-refractivity contribution in [3.05, 3.63) is 0 Å². The van der Waals surface area contributed by atoms with Gasteiger partial charge in [-0.3, -0.25) is 0 Å². The van der Waals surface area contributed by atoms with Crippen LogP contribution < -0.4 is 0 Å². The number of rotatable bonds is 3. The van der Waals surface area contributed by atoms with E-state index >= 15 is 0 Å². The highest BCUT2D eigenvalue weighted by Crippen LogP contribution is 2.50. The molecule has 3 aliphatic heterocycles. The Balaban J connectivity index is 1.45. The summed E-state index contributed by atoms with van der Waals surface area (Å²) in [6, 6.07) is 0. The summed E-state index contributed by atoms with van der Waals surface area (Å²) in [4.78, 5) is 0. The lowest BCUT2D eigenvalue weighted by atomic mass is 9.75. The summed E-state index contributed by atoms with van der Waals surface area (Å²) >= 11 is 0. The van der Waals surface area contributed by atoms with Crippen molar-refractivity contribution < 1.29 is 14.2 Å². The maximum Gasteiger partial charge on any atom is 0.163 e. The van der Waals surface area contributed by atoms with Crippen LogP contribution in [0.5, 0.6) is 0 Å². The van der Waals surface area contributed by atoms with Gasteiger partial charge in [0.2, 0.25) is 0 Å². The zero-order valence-corrected chi connectivity index (χ0v) is 13.7. The third-order valence-electron chi connectivity index (χ3n) is 6.52. The van der Waals surface area contributed by atoms with Crippen molar-refractivity contribution in [2.24, 2.45) is 29.6 Å². The molecule has 1 saturated carbocycles. The SMILES string of the molecule is CC1CCC(C(C)C)C(OC2OCC3C4CCC(O4)C23)C1. The van der Waals surface area contributed by atoms with Crippen molar-refractivity contribution in [1.29, 1.82) is 0 Å². The molecule has 4 fully saturated rings. The molecule has 4 rings (SSSR count). The van der Waals surface area contributed by atoms with Crippen LogP contribution in [-0.2, 0) is 14.2 Å². The molecule has 0 aromatic heterocycles. The maximum atomic E-state index is 6.56. The van der Waals surface area contributed by atoms with Gasteiger partial charge in [-0.05, 0) is 43.4 Å². The van der Waals surface area contributed by atoms with Crippen molar-refractivity contribution >= 4 is 0 Å². The molecule has 0 spiro atoms. The van der Waals surface area contributed by atoms with Gasteiger partial charge in [-0.1, -0.05) is 27.2 Å². The van der Waals surface area contributed by atoms with Crippen molar-refractivity contribution in [1.82, 2.24) is 0 Å². The van der Waals surface area contributed by atoms with Gasteiger partial charge in [-0.2, -0.15) is 0 Å². The second-order valence-electron chi connectivity index (χ2n) is 8.23. The van der Waals surface area contributed by atoms with Crippen LogP contribution in [0.4, 0.5) is 0 Å². The van der Waals surface area contributed by atoms with Crippen LogP contribution in [0, 0.1) is 29.6 Å². The van der Waals surface area contributed by atoms with Gasteiger partial charge in [-0.25, -0.2) is 0 Å². The zero-order valence-electron chi connectivity index (χ0n) is 13.7. The van der Waals surface area contributed by atoms with Gasteiger partial charge < -0.3 is 14.2 Å². The molecular formula is C18H30O3. The first kappa shape index (κ1) is 14.5. The number of hydrogen-bond donors (Lipinski definition) is 0. The Kier molecular flexibility index (Phi) is 3.79. The van der Waals surface area contributed by atoms with E-state index in [1.807, 2.05) is 0 Å². The third kappa shape index (κ3) is 2.46. The fraction of sp³-hybridized carbons (Fsp3) is 1.00. The zero-order chi connectivity index (χ0) is 14.6. The van der Waals surface area contributed by atoms with Crippen LogP contribution in [0.25, 0.3) is 0 Å². The maximum absolute atomic E-state index is 6.56. The lowest BCUT2D eigenvalue weighted by Crippen LogP contribution is -2.40. The van der Waals surface area contributed by atoms with Crippen molar-refractivity contribution in [2.45, 2.75) is 77.5 Å². The molecule has 8 atom stereocenters. The van der Waals surface area contributed by atoms with Gasteiger partial charge in [0.15, 0.2) is 6.29 Å². The van der Waals surface area contributed by atoms with E-state index in [9.17, 15) is 0 Å². The third-order valence-corrected chi connectivity index (χ3v) is 6.52. The van der Waals surface area contributed by atoms with Gasteiger partial charge >= 0.3 is 0 Å². The van der Waals surface area contributed by atoms with Gasteiger partial charge in [0.1, 0.15) is 0 Å². The predicted octanol–water partition coefficient (Wildman–Crippen LogP) is 3.61. The second-order valence-corrected chi connectivity index (χ2v) is 8.23. The van der Waals surface area contributed by atoms with E-state index in [0.29, 0.717) is 42.0 Å². The normalized spacial score (nSPS) is 52.6. The number of hydrogen-bond acceptors (Lipinski definition) is 3. The van der Waals surface area contributed by atoms with Crippen molar-refractivity contribution in [3.8, 4) is 0 Å². The summed E-state index contributed by atoms with van der Waals surface area (Å²) in [6.45, 7) is 7.91. The molecule has 2 bridgehead atoms. The molecule has 3 heterocycles. The highest BCUT2D eigenvalue weighted by atomic mass is 16.7. The molecule has 0 amide bonds.